The van der Waals surface area contributed by atoms with Gasteiger partial charge >= 0.3 is 5.97 Å². The molecule has 0 saturated heterocycles. The summed E-state index contributed by atoms with van der Waals surface area (Å²) in [7, 11) is 0. The summed E-state index contributed by atoms with van der Waals surface area (Å²) in [4.78, 5) is 24.7. The molecule has 0 fully saturated rings. The third-order valence-corrected chi connectivity index (χ3v) is 19.7. The van der Waals surface area contributed by atoms with Gasteiger partial charge in [0.15, 0.2) is 0 Å². The fourth-order valence-corrected chi connectivity index (χ4v) is 13.3. The Labute approximate surface area is 570 Å². The SMILES string of the molecule is CCCCC/C=C\C/C=C\CCCCCCCCCC(=O)OCCCCCCCCCCCCCCCCCCCCCCCCCCCCCCCCCCCC(=O)NC(CO)C(O)/C=C/CCCCCCCCCCCCCCCCCCCCCCCC. The molecule has 538 valence electrons. The van der Waals surface area contributed by atoms with E-state index in [0.29, 0.717) is 19.4 Å². The monoisotopic (exact) mass is 1280 g/mol. The summed E-state index contributed by atoms with van der Waals surface area (Å²) in [6, 6.07) is -0.626. The number of nitrogens with one attached hydrogen (secondary N) is 1. The Balaban J connectivity index is 3.34. The Bertz CT molecular complexity index is 1470. The fraction of sp³-hybridized carbons (Fsp3) is 0.906. The molecule has 0 spiro atoms. The highest BCUT2D eigenvalue weighted by Gasteiger charge is 2.18. The molecule has 0 aliphatic carbocycles. The standard InChI is InChI=1S/C85H163NO5/c1-3-5-7-9-11-13-15-17-19-21-22-23-24-36-39-42-46-49-53-57-61-65-69-73-77-83(88)82(81-87)86-84(89)78-74-70-66-62-58-54-50-47-43-40-37-34-32-30-28-26-25-27-29-31-33-35-38-41-44-48-52-56-60-64-68-72-76-80-91-85(90)79-75-71-67-63-59-55-51-45-20-18-16-14-12-10-8-6-4-2/h12,14,18,20,73,77,82-83,87-88H,3-11,13,15-17,19,21-72,74-76,78-81H2,1-2H3,(H,86,89)/b14-12-,20-18-,77-73+. The molecule has 0 aromatic carbocycles. The van der Waals surface area contributed by atoms with E-state index in [1.165, 1.54) is 392 Å². The Morgan fingerprint density at radius 2 is 0.549 bits per heavy atom. The van der Waals surface area contributed by atoms with E-state index in [0.717, 1.165) is 51.4 Å². The lowest BCUT2D eigenvalue weighted by atomic mass is 10.0. The molecule has 0 radical (unpaired) electrons. The molecule has 2 unspecified atom stereocenters. The molecule has 0 aliphatic rings. The van der Waals surface area contributed by atoms with Gasteiger partial charge in [-0.3, -0.25) is 9.59 Å². The minimum Gasteiger partial charge on any atom is -0.466 e. The van der Waals surface area contributed by atoms with Crippen molar-refractivity contribution in [2.45, 2.75) is 482 Å². The van der Waals surface area contributed by atoms with Crippen molar-refractivity contribution in [2.75, 3.05) is 13.2 Å². The molecule has 0 bridgehead atoms. The van der Waals surface area contributed by atoms with Gasteiger partial charge in [0.25, 0.3) is 0 Å². The van der Waals surface area contributed by atoms with Gasteiger partial charge in [0, 0.05) is 12.8 Å². The van der Waals surface area contributed by atoms with E-state index in [9.17, 15) is 19.8 Å². The van der Waals surface area contributed by atoms with Gasteiger partial charge in [-0.2, -0.15) is 0 Å². The molecule has 0 aliphatic heterocycles. The number of unbranched alkanes of at least 4 members (excludes halogenated alkanes) is 64. The zero-order valence-corrected chi connectivity index (χ0v) is 61.9. The predicted molar refractivity (Wildman–Crippen MR) is 403 cm³/mol. The quantitative estimate of drug-likeness (QED) is 0.0320. The van der Waals surface area contributed by atoms with Gasteiger partial charge in [-0.1, -0.05) is 429 Å². The van der Waals surface area contributed by atoms with Gasteiger partial charge in [-0.25, -0.2) is 0 Å². The van der Waals surface area contributed by atoms with Crippen molar-refractivity contribution in [3.8, 4) is 0 Å². The van der Waals surface area contributed by atoms with Crippen LogP contribution >= 0.6 is 0 Å². The second kappa shape index (κ2) is 80.5. The summed E-state index contributed by atoms with van der Waals surface area (Å²) in [5, 5.41) is 23.3. The average Bonchev–Trinajstić information content (AvgIpc) is 3.73. The van der Waals surface area contributed by atoms with Gasteiger partial charge < -0.3 is 20.3 Å². The van der Waals surface area contributed by atoms with Crippen LogP contribution in [0.4, 0.5) is 0 Å². The molecular formula is C85H163NO5. The van der Waals surface area contributed by atoms with Crippen molar-refractivity contribution < 1.29 is 24.5 Å². The highest BCUT2D eigenvalue weighted by Crippen LogP contribution is 2.20. The second-order valence-electron chi connectivity index (χ2n) is 28.8. The lowest BCUT2D eigenvalue weighted by Crippen LogP contribution is -2.45. The molecule has 0 aromatic rings. The summed E-state index contributed by atoms with van der Waals surface area (Å²) in [5.41, 5.74) is 0. The van der Waals surface area contributed by atoms with E-state index < -0.39 is 12.1 Å². The van der Waals surface area contributed by atoms with E-state index in [1.54, 1.807) is 6.08 Å². The van der Waals surface area contributed by atoms with E-state index in [2.05, 4.69) is 43.5 Å². The second-order valence-corrected chi connectivity index (χ2v) is 28.8. The van der Waals surface area contributed by atoms with Crippen molar-refractivity contribution in [3.05, 3.63) is 36.5 Å². The number of amides is 1. The van der Waals surface area contributed by atoms with Crippen LogP contribution in [0.15, 0.2) is 36.5 Å². The first kappa shape index (κ1) is 89.1. The molecule has 0 aromatic heterocycles. The third-order valence-electron chi connectivity index (χ3n) is 19.7. The van der Waals surface area contributed by atoms with E-state index >= 15 is 0 Å². The largest absolute Gasteiger partial charge is 0.466 e. The number of carbonyl (C=O) groups is 2. The number of rotatable bonds is 79. The van der Waals surface area contributed by atoms with Crippen molar-refractivity contribution >= 4 is 11.9 Å². The number of ether oxygens (including phenoxy) is 1. The van der Waals surface area contributed by atoms with Gasteiger partial charge in [0.05, 0.1) is 25.4 Å². The number of esters is 1. The predicted octanol–water partition coefficient (Wildman–Crippen LogP) is 27.8. The van der Waals surface area contributed by atoms with Crippen LogP contribution in [0.2, 0.25) is 0 Å². The van der Waals surface area contributed by atoms with Gasteiger partial charge in [-0.05, 0) is 64.2 Å². The van der Waals surface area contributed by atoms with Crippen molar-refractivity contribution in [2.24, 2.45) is 0 Å². The summed E-state index contributed by atoms with van der Waals surface area (Å²) in [6.07, 6.45) is 106. The molecule has 1 amide bonds. The number of hydrogen-bond donors (Lipinski definition) is 3. The maximum absolute atomic E-state index is 12.6. The van der Waals surface area contributed by atoms with Crippen LogP contribution in [0.5, 0.6) is 0 Å². The average molecular weight is 1280 g/mol. The summed E-state index contributed by atoms with van der Waals surface area (Å²) >= 11 is 0. The Morgan fingerprint density at radius 3 is 0.857 bits per heavy atom. The molecule has 2 atom stereocenters. The molecule has 0 saturated carbocycles. The molecule has 3 N–H and O–H groups in total. The molecule has 0 heterocycles. The third kappa shape index (κ3) is 77.0. The lowest BCUT2D eigenvalue weighted by molar-refractivity contribution is -0.143. The summed E-state index contributed by atoms with van der Waals surface area (Å²) in [5.74, 6) is -0.0433. The van der Waals surface area contributed by atoms with E-state index in [4.69, 9.17) is 4.74 Å². The minimum absolute atomic E-state index is 0.0145. The normalized spacial score (nSPS) is 12.6. The van der Waals surface area contributed by atoms with Crippen molar-refractivity contribution in [3.63, 3.8) is 0 Å². The molecule has 91 heavy (non-hydrogen) atoms. The number of hydrogen-bond acceptors (Lipinski definition) is 5. The molecule has 0 rings (SSSR count). The number of aliphatic hydroxyl groups excluding tert-OH is 2. The smallest absolute Gasteiger partial charge is 0.305 e. The Morgan fingerprint density at radius 1 is 0.308 bits per heavy atom. The zero-order chi connectivity index (χ0) is 65.6. The van der Waals surface area contributed by atoms with Crippen LogP contribution in [0, 0.1) is 0 Å². The van der Waals surface area contributed by atoms with E-state index in [1.807, 2.05) is 6.08 Å². The van der Waals surface area contributed by atoms with Crippen LogP contribution < -0.4 is 5.32 Å². The van der Waals surface area contributed by atoms with Crippen LogP contribution in [0.1, 0.15) is 470 Å². The minimum atomic E-state index is -0.843. The zero-order valence-electron chi connectivity index (χ0n) is 61.9. The first-order valence-corrected chi connectivity index (χ1v) is 41.8. The maximum Gasteiger partial charge on any atom is 0.305 e. The molecular weight excluding hydrogens is 1110 g/mol. The Kier molecular flexibility index (Phi) is 78.8. The fourth-order valence-electron chi connectivity index (χ4n) is 13.3. The van der Waals surface area contributed by atoms with Crippen LogP contribution in [0.3, 0.4) is 0 Å². The number of aliphatic hydroxyl groups is 2. The highest BCUT2D eigenvalue weighted by molar-refractivity contribution is 5.76. The van der Waals surface area contributed by atoms with Gasteiger partial charge in [-0.15, -0.1) is 0 Å². The van der Waals surface area contributed by atoms with Crippen molar-refractivity contribution in [1.29, 1.82) is 0 Å². The summed E-state index contributed by atoms with van der Waals surface area (Å²) in [6.45, 7) is 4.93. The van der Waals surface area contributed by atoms with Gasteiger partial charge in [0.1, 0.15) is 0 Å². The summed E-state index contributed by atoms with van der Waals surface area (Å²) < 4.78 is 5.51. The first-order valence-electron chi connectivity index (χ1n) is 41.8. The van der Waals surface area contributed by atoms with Gasteiger partial charge in [0.2, 0.25) is 5.91 Å². The van der Waals surface area contributed by atoms with Crippen molar-refractivity contribution in [1.82, 2.24) is 5.32 Å². The van der Waals surface area contributed by atoms with E-state index in [-0.39, 0.29) is 18.5 Å². The number of allylic oxidation sites excluding steroid dienone is 5. The van der Waals surface area contributed by atoms with Crippen LogP contribution in [-0.2, 0) is 14.3 Å². The van der Waals surface area contributed by atoms with Crippen LogP contribution in [-0.4, -0.2) is 47.4 Å². The Hall–Kier alpha value is -1.92. The molecule has 6 nitrogen and oxygen atoms in total. The topological polar surface area (TPSA) is 95.9 Å². The molecule has 6 heteroatoms. The number of carbonyl (C=O) groups excluding carboxylic acids is 2. The lowest BCUT2D eigenvalue weighted by Gasteiger charge is -2.20. The first-order chi connectivity index (χ1) is 45.0. The highest BCUT2D eigenvalue weighted by atomic mass is 16.5. The van der Waals surface area contributed by atoms with Crippen LogP contribution in [0.25, 0.3) is 0 Å². The maximum atomic E-state index is 12.6.